The number of hydrogen-bond donors (Lipinski definition) is 1. The Morgan fingerprint density at radius 1 is 1.13 bits per heavy atom. The second kappa shape index (κ2) is 9.13. The number of likely N-dealkylation sites (N-methyl/N-ethyl adjacent to an activating group) is 1. The minimum atomic E-state index is 0.345. The molecule has 0 aliphatic carbocycles. The second-order valence-electron chi connectivity index (χ2n) is 4.46. The SMILES string of the molecule is CCN(CCNC(C)C)CCOC(C)C. The van der Waals surface area contributed by atoms with Gasteiger partial charge in [0.05, 0.1) is 12.7 Å². The lowest BCUT2D eigenvalue weighted by atomic mass is 10.4. The average molecular weight is 216 g/mol. The van der Waals surface area contributed by atoms with E-state index in [-0.39, 0.29) is 0 Å². The van der Waals surface area contributed by atoms with E-state index >= 15 is 0 Å². The van der Waals surface area contributed by atoms with Gasteiger partial charge in [-0.2, -0.15) is 0 Å². The van der Waals surface area contributed by atoms with Crippen LogP contribution in [-0.2, 0) is 4.74 Å². The highest BCUT2D eigenvalue weighted by atomic mass is 16.5. The molecule has 0 bridgehead atoms. The molecule has 0 aromatic heterocycles. The summed E-state index contributed by atoms with van der Waals surface area (Å²) in [5.41, 5.74) is 0. The Morgan fingerprint density at radius 2 is 1.80 bits per heavy atom. The molecule has 15 heavy (non-hydrogen) atoms. The van der Waals surface area contributed by atoms with E-state index in [2.05, 4.69) is 44.8 Å². The summed E-state index contributed by atoms with van der Waals surface area (Å²) in [4.78, 5) is 2.41. The maximum absolute atomic E-state index is 5.54. The zero-order chi connectivity index (χ0) is 11.7. The van der Waals surface area contributed by atoms with E-state index in [0.29, 0.717) is 12.1 Å². The molecule has 0 aliphatic rings. The zero-order valence-corrected chi connectivity index (χ0v) is 11.0. The van der Waals surface area contributed by atoms with Gasteiger partial charge < -0.3 is 15.0 Å². The van der Waals surface area contributed by atoms with E-state index < -0.39 is 0 Å². The first-order valence-corrected chi connectivity index (χ1v) is 6.13. The van der Waals surface area contributed by atoms with Gasteiger partial charge in [0.25, 0.3) is 0 Å². The molecule has 0 aromatic carbocycles. The van der Waals surface area contributed by atoms with Crippen LogP contribution < -0.4 is 5.32 Å². The van der Waals surface area contributed by atoms with E-state index in [1.807, 2.05) is 0 Å². The smallest absolute Gasteiger partial charge is 0.0596 e. The monoisotopic (exact) mass is 216 g/mol. The van der Waals surface area contributed by atoms with E-state index in [1.165, 1.54) is 0 Å². The summed E-state index contributed by atoms with van der Waals surface area (Å²) in [5.74, 6) is 0. The molecule has 0 saturated carbocycles. The molecule has 1 N–H and O–H groups in total. The van der Waals surface area contributed by atoms with Crippen LogP contribution in [0.15, 0.2) is 0 Å². The molecule has 3 nitrogen and oxygen atoms in total. The van der Waals surface area contributed by atoms with Gasteiger partial charge in [-0.1, -0.05) is 20.8 Å². The molecule has 0 heterocycles. The Labute approximate surface area is 95.2 Å². The van der Waals surface area contributed by atoms with Crippen molar-refractivity contribution in [3.8, 4) is 0 Å². The van der Waals surface area contributed by atoms with Crippen molar-refractivity contribution in [1.82, 2.24) is 10.2 Å². The standard InChI is InChI=1S/C12H28N2O/c1-6-14(8-7-13-11(2)3)9-10-15-12(4)5/h11-13H,6-10H2,1-5H3. The Hall–Kier alpha value is -0.120. The third kappa shape index (κ3) is 10.2. The third-order valence-electron chi connectivity index (χ3n) is 2.29. The van der Waals surface area contributed by atoms with E-state index in [9.17, 15) is 0 Å². The quantitative estimate of drug-likeness (QED) is 0.635. The van der Waals surface area contributed by atoms with Crippen molar-refractivity contribution in [2.45, 2.75) is 46.8 Å². The predicted molar refractivity (Wildman–Crippen MR) is 66.3 cm³/mol. The summed E-state index contributed by atoms with van der Waals surface area (Å²) in [5, 5.41) is 3.43. The number of nitrogens with one attached hydrogen (secondary N) is 1. The van der Waals surface area contributed by atoms with E-state index in [4.69, 9.17) is 4.74 Å². The summed E-state index contributed by atoms with van der Waals surface area (Å²) in [6, 6.07) is 0.579. The van der Waals surface area contributed by atoms with Crippen molar-refractivity contribution in [3.63, 3.8) is 0 Å². The molecular formula is C12H28N2O. The van der Waals surface area contributed by atoms with E-state index in [0.717, 1.165) is 32.8 Å². The molecule has 0 atom stereocenters. The van der Waals surface area contributed by atoms with E-state index in [1.54, 1.807) is 0 Å². The highest BCUT2D eigenvalue weighted by Crippen LogP contribution is 1.91. The maximum atomic E-state index is 5.54. The third-order valence-corrected chi connectivity index (χ3v) is 2.29. The normalized spacial score (nSPS) is 12.0. The van der Waals surface area contributed by atoms with Crippen molar-refractivity contribution in [2.75, 3.05) is 32.8 Å². The molecule has 0 fully saturated rings. The molecule has 0 aliphatic heterocycles. The van der Waals surface area contributed by atoms with Crippen LogP contribution in [0.4, 0.5) is 0 Å². The van der Waals surface area contributed by atoms with Crippen LogP contribution in [0, 0.1) is 0 Å². The van der Waals surface area contributed by atoms with Gasteiger partial charge in [0.2, 0.25) is 0 Å². The first-order chi connectivity index (χ1) is 7.06. The largest absolute Gasteiger partial charge is 0.377 e. The average Bonchev–Trinajstić information content (AvgIpc) is 2.14. The van der Waals surface area contributed by atoms with Gasteiger partial charge in [-0.05, 0) is 20.4 Å². The molecule has 92 valence electrons. The molecule has 0 rings (SSSR count). The van der Waals surface area contributed by atoms with Crippen LogP contribution in [0.5, 0.6) is 0 Å². The van der Waals surface area contributed by atoms with Gasteiger partial charge in [-0.3, -0.25) is 0 Å². The van der Waals surface area contributed by atoms with Gasteiger partial charge in [-0.15, -0.1) is 0 Å². The fourth-order valence-corrected chi connectivity index (χ4v) is 1.36. The lowest BCUT2D eigenvalue weighted by Crippen LogP contribution is -2.36. The van der Waals surface area contributed by atoms with Crippen molar-refractivity contribution in [1.29, 1.82) is 0 Å². The summed E-state index contributed by atoms with van der Waals surface area (Å²) in [6.07, 6.45) is 0.345. The first kappa shape index (κ1) is 14.9. The number of hydrogen-bond acceptors (Lipinski definition) is 3. The Bertz CT molecular complexity index is 124. The van der Waals surface area contributed by atoms with Crippen LogP contribution >= 0.6 is 0 Å². The molecule has 3 heteroatoms. The molecule has 0 unspecified atom stereocenters. The summed E-state index contributed by atoms with van der Waals surface area (Å²) in [7, 11) is 0. The minimum absolute atomic E-state index is 0.345. The minimum Gasteiger partial charge on any atom is -0.377 e. The summed E-state index contributed by atoms with van der Waals surface area (Å²) < 4.78 is 5.54. The van der Waals surface area contributed by atoms with Crippen molar-refractivity contribution in [2.24, 2.45) is 0 Å². The fraction of sp³-hybridized carbons (Fsp3) is 1.00. The summed E-state index contributed by atoms with van der Waals surface area (Å²) >= 11 is 0. The van der Waals surface area contributed by atoms with Crippen molar-refractivity contribution in [3.05, 3.63) is 0 Å². The van der Waals surface area contributed by atoms with Crippen LogP contribution in [0.2, 0.25) is 0 Å². The van der Waals surface area contributed by atoms with Gasteiger partial charge in [0.15, 0.2) is 0 Å². The van der Waals surface area contributed by atoms with Crippen molar-refractivity contribution < 1.29 is 4.74 Å². The first-order valence-electron chi connectivity index (χ1n) is 6.13. The zero-order valence-electron chi connectivity index (χ0n) is 11.0. The van der Waals surface area contributed by atoms with Crippen LogP contribution in [-0.4, -0.2) is 49.8 Å². The highest BCUT2D eigenvalue weighted by Gasteiger charge is 2.02. The van der Waals surface area contributed by atoms with Gasteiger partial charge in [-0.25, -0.2) is 0 Å². The maximum Gasteiger partial charge on any atom is 0.0596 e. The topological polar surface area (TPSA) is 24.5 Å². The van der Waals surface area contributed by atoms with Gasteiger partial charge >= 0.3 is 0 Å². The highest BCUT2D eigenvalue weighted by molar-refractivity contribution is 4.60. The predicted octanol–water partition coefficient (Wildman–Crippen LogP) is 1.73. The summed E-state index contributed by atoms with van der Waals surface area (Å²) in [6.45, 7) is 15.9. The Kier molecular flexibility index (Phi) is 9.06. The van der Waals surface area contributed by atoms with Crippen LogP contribution in [0.1, 0.15) is 34.6 Å². The lowest BCUT2D eigenvalue weighted by Gasteiger charge is -2.21. The fourth-order valence-electron chi connectivity index (χ4n) is 1.36. The molecule has 0 radical (unpaired) electrons. The molecule has 0 aromatic rings. The number of ether oxygens (including phenoxy) is 1. The molecule has 0 saturated heterocycles. The van der Waals surface area contributed by atoms with Crippen molar-refractivity contribution >= 4 is 0 Å². The molecule has 0 amide bonds. The second-order valence-corrected chi connectivity index (χ2v) is 4.46. The van der Waals surface area contributed by atoms with Gasteiger partial charge in [0, 0.05) is 25.7 Å². The molecular weight excluding hydrogens is 188 g/mol. The Balaban J connectivity index is 3.46. The van der Waals surface area contributed by atoms with Crippen LogP contribution in [0.3, 0.4) is 0 Å². The Morgan fingerprint density at radius 3 is 2.27 bits per heavy atom. The molecule has 0 spiro atoms. The number of rotatable bonds is 9. The lowest BCUT2D eigenvalue weighted by molar-refractivity contribution is 0.0601. The van der Waals surface area contributed by atoms with Gasteiger partial charge in [0.1, 0.15) is 0 Å². The van der Waals surface area contributed by atoms with Crippen LogP contribution in [0.25, 0.3) is 0 Å². The number of nitrogens with zero attached hydrogens (tertiary/aromatic N) is 1.